The number of hydrogen-bond acceptors (Lipinski definition) is 5. The first kappa shape index (κ1) is 15.0. The molecule has 1 saturated heterocycles. The normalized spacial score (nSPS) is 17.8. The number of likely N-dealkylation sites (N-methyl/N-ethyl adjacent to an activating group) is 1. The maximum Gasteiger partial charge on any atom is 0.167 e. The number of nitrogens with zero attached hydrogens (tertiary/aromatic N) is 5. The predicted octanol–water partition coefficient (Wildman–Crippen LogP) is 2.69. The Morgan fingerprint density at radius 3 is 2.86 bits per heavy atom. The number of rotatable bonds is 3. The largest absolute Gasteiger partial charge is 0.355 e. The molecule has 22 heavy (non-hydrogen) atoms. The van der Waals surface area contributed by atoms with Crippen LogP contribution >= 0.6 is 11.6 Å². The highest BCUT2D eigenvalue weighted by Crippen LogP contribution is 2.26. The Balaban J connectivity index is 1.74. The minimum absolute atomic E-state index is 0.256. The molecule has 0 saturated carbocycles. The molecule has 0 amide bonds. The van der Waals surface area contributed by atoms with Crippen LogP contribution in [0.2, 0.25) is 5.02 Å². The predicted molar refractivity (Wildman–Crippen MR) is 85.0 cm³/mol. The van der Waals surface area contributed by atoms with Gasteiger partial charge in [0.15, 0.2) is 11.6 Å². The molecule has 0 bridgehead atoms. The fourth-order valence-corrected chi connectivity index (χ4v) is 2.86. The van der Waals surface area contributed by atoms with Crippen molar-refractivity contribution < 1.29 is 4.39 Å². The van der Waals surface area contributed by atoms with Crippen molar-refractivity contribution in [2.45, 2.75) is 19.4 Å². The molecule has 1 aliphatic heterocycles. The second-order valence-electron chi connectivity index (χ2n) is 5.48. The second kappa shape index (κ2) is 6.04. The lowest BCUT2D eigenvalue weighted by Crippen LogP contribution is -2.35. The molecule has 0 aromatic carbocycles. The van der Waals surface area contributed by atoms with E-state index in [0.717, 1.165) is 24.5 Å². The van der Waals surface area contributed by atoms with Gasteiger partial charge in [-0.25, -0.2) is 19.3 Å². The van der Waals surface area contributed by atoms with Crippen LogP contribution in [0.5, 0.6) is 0 Å². The lowest BCUT2D eigenvalue weighted by molar-refractivity contribution is 0.614. The molecule has 0 spiro atoms. The summed E-state index contributed by atoms with van der Waals surface area (Å²) in [5, 5.41) is 0.311. The molecule has 1 aliphatic rings. The van der Waals surface area contributed by atoms with Crippen molar-refractivity contribution in [1.29, 1.82) is 0 Å². The first-order chi connectivity index (χ1) is 10.5. The topological polar surface area (TPSA) is 45.2 Å². The summed E-state index contributed by atoms with van der Waals surface area (Å²) in [6.07, 6.45) is 3.96. The van der Waals surface area contributed by atoms with Crippen LogP contribution in [0.4, 0.5) is 16.0 Å². The monoisotopic (exact) mass is 321 g/mol. The van der Waals surface area contributed by atoms with Crippen LogP contribution in [-0.4, -0.2) is 41.1 Å². The molecule has 0 aliphatic carbocycles. The van der Waals surface area contributed by atoms with Crippen LogP contribution in [0.25, 0.3) is 0 Å². The first-order valence-electron chi connectivity index (χ1n) is 7.12. The summed E-state index contributed by atoms with van der Waals surface area (Å²) in [6, 6.07) is 3.50. The third-order valence-corrected chi connectivity index (χ3v) is 4.16. The Kier molecular flexibility index (Phi) is 4.11. The fraction of sp³-hybridized carbons (Fsp3) is 0.400. The SMILES string of the molecule is Cc1cc(N(C)C2CCN(c3ncc(Cl)cc3F)C2)ncn1. The van der Waals surface area contributed by atoms with Gasteiger partial charge in [0, 0.05) is 44.1 Å². The van der Waals surface area contributed by atoms with Crippen molar-refractivity contribution in [2.24, 2.45) is 0 Å². The van der Waals surface area contributed by atoms with Crippen LogP contribution in [-0.2, 0) is 0 Å². The molecule has 3 heterocycles. The molecule has 2 aromatic heterocycles. The summed E-state index contributed by atoms with van der Waals surface area (Å²) < 4.78 is 14.0. The molecule has 0 N–H and O–H groups in total. The maximum absolute atomic E-state index is 14.0. The van der Waals surface area contributed by atoms with Crippen LogP contribution in [0.15, 0.2) is 24.7 Å². The second-order valence-corrected chi connectivity index (χ2v) is 5.91. The van der Waals surface area contributed by atoms with Crippen molar-refractivity contribution in [3.05, 3.63) is 41.2 Å². The Morgan fingerprint density at radius 2 is 2.14 bits per heavy atom. The zero-order valence-corrected chi connectivity index (χ0v) is 13.3. The highest BCUT2D eigenvalue weighted by molar-refractivity contribution is 6.30. The van der Waals surface area contributed by atoms with E-state index in [9.17, 15) is 4.39 Å². The zero-order valence-electron chi connectivity index (χ0n) is 12.5. The molecule has 1 atom stereocenters. The molecule has 1 fully saturated rings. The van der Waals surface area contributed by atoms with E-state index < -0.39 is 0 Å². The van der Waals surface area contributed by atoms with Crippen LogP contribution in [0.3, 0.4) is 0 Å². The molecule has 7 heteroatoms. The summed E-state index contributed by atoms with van der Waals surface area (Å²) in [4.78, 5) is 16.6. The summed E-state index contributed by atoms with van der Waals surface area (Å²) in [5.74, 6) is 0.858. The Bertz CT molecular complexity index is 681. The van der Waals surface area contributed by atoms with Crippen LogP contribution < -0.4 is 9.80 Å². The molecule has 0 radical (unpaired) electrons. The minimum Gasteiger partial charge on any atom is -0.355 e. The van der Waals surface area contributed by atoms with E-state index >= 15 is 0 Å². The number of aryl methyl sites for hydroxylation is 1. The van der Waals surface area contributed by atoms with Gasteiger partial charge in [0.2, 0.25) is 0 Å². The average Bonchev–Trinajstić information content (AvgIpc) is 2.96. The van der Waals surface area contributed by atoms with E-state index in [1.54, 1.807) is 6.33 Å². The van der Waals surface area contributed by atoms with E-state index in [2.05, 4.69) is 19.9 Å². The van der Waals surface area contributed by atoms with Crippen LogP contribution in [0, 0.1) is 12.7 Å². The third-order valence-electron chi connectivity index (χ3n) is 3.95. The number of pyridine rings is 1. The van der Waals surface area contributed by atoms with Gasteiger partial charge in [-0.05, 0) is 19.4 Å². The number of anilines is 2. The molecule has 3 rings (SSSR count). The Hall–Kier alpha value is -1.95. The van der Waals surface area contributed by atoms with Crippen LogP contribution in [0.1, 0.15) is 12.1 Å². The van der Waals surface area contributed by atoms with Gasteiger partial charge in [-0.15, -0.1) is 0 Å². The Morgan fingerprint density at radius 1 is 1.32 bits per heavy atom. The summed E-state index contributed by atoms with van der Waals surface area (Å²) in [6.45, 7) is 3.39. The molecule has 116 valence electrons. The Labute approximate surface area is 133 Å². The van der Waals surface area contributed by atoms with E-state index in [0.29, 0.717) is 17.4 Å². The van der Waals surface area contributed by atoms with Crippen molar-refractivity contribution >= 4 is 23.2 Å². The number of hydrogen-bond donors (Lipinski definition) is 0. The van der Waals surface area contributed by atoms with E-state index in [4.69, 9.17) is 11.6 Å². The summed E-state index contributed by atoms with van der Waals surface area (Å²) in [5.41, 5.74) is 0.928. The van der Waals surface area contributed by atoms with Crippen molar-refractivity contribution in [2.75, 3.05) is 29.9 Å². The standard InChI is InChI=1S/C15H17ClFN5/c1-10-5-14(20-9-19-10)21(2)12-3-4-22(8-12)15-13(17)6-11(16)7-18-15/h5-7,9,12H,3-4,8H2,1-2H3. The van der Waals surface area contributed by atoms with Gasteiger partial charge < -0.3 is 9.80 Å². The number of aromatic nitrogens is 3. The maximum atomic E-state index is 14.0. The van der Waals surface area contributed by atoms with E-state index in [1.165, 1.54) is 12.3 Å². The van der Waals surface area contributed by atoms with Gasteiger partial charge in [-0.3, -0.25) is 0 Å². The lowest BCUT2D eigenvalue weighted by atomic mass is 10.2. The molecule has 2 aromatic rings. The lowest BCUT2D eigenvalue weighted by Gasteiger charge is -2.26. The van der Waals surface area contributed by atoms with Gasteiger partial charge >= 0.3 is 0 Å². The third kappa shape index (κ3) is 2.97. The quantitative estimate of drug-likeness (QED) is 0.869. The number of halogens is 2. The molecule has 1 unspecified atom stereocenters. The van der Waals surface area contributed by atoms with Gasteiger partial charge in [-0.1, -0.05) is 11.6 Å². The van der Waals surface area contributed by atoms with Gasteiger partial charge in [0.25, 0.3) is 0 Å². The molecule has 5 nitrogen and oxygen atoms in total. The van der Waals surface area contributed by atoms with Gasteiger partial charge in [-0.2, -0.15) is 0 Å². The van der Waals surface area contributed by atoms with Gasteiger partial charge in [0.1, 0.15) is 12.1 Å². The summed E-state index contributed by atoms with van der Waals surface area (Å²) >= 11 is 5.75. The van der Waals surface area contributed by atoms with Gasteiger partial charge in [0.05, 0.1) is 5.02 Å². The first-order valence-corrected chi connectivity index (χ1v) is 7.50. The summed E-state index contributed by atoms with van der Waals surface area (Å²) in [7, 11) is 2.00. The van der Waals surface area contributed by atoms with E-state index in [-0.39, 0.29) is 11.9 Å². The molecular weight excluding hydrogens is 305 g/mol. The minimum atomic E-state index is -0.381. The smallest absolute Gasteiger partial charge is 0.167 e. The molecular formula is C15H17ClFN5. The highest BCUT2D eigenvalue weighted by Gasteiger charge is 2.29. The zero-order chi connectivity index (χ0) is 15.7. The van der Waals surface area contributed by atoms with Crippen molar-refractivity contribution in [1.82, 2.24) is 15.0 Å². The van der Waals surface area contributed by atoms with Crippen molar-refractivity contribution in [3.63, 3.8) is 0 Å². The van der Waals surface area contributed by atoms with E-state index in [1.807, 2.05) is 24.9 Å². The van der Waals surface area contributed by atoms with Crippen molar-refractivity contribution in [3.8, 4) is 0 Å². The average molecular weight is 322 g/mol. The highest BCUT2D eigenvalue weighted by atomic mass is 35.5. The fourth-order valence-electron chi connectivity index (χ4n) is 2.71.